The van der Waals surface area contributed by atoms with Crippen LogP contribution in [0.5, 0.6) is 5.75 Å². The predicted octanol–water partition coefficient (Wildman–Crippen LogP) is 4.80. The second-order valence-corrected chi connectivity index (χ2v) is 7.15. The number of hydrogen-bond acceptors (Lipinski definition) is 6. The van der Waals surface area contributed by atoms with Crippen molar-refractivity contribution in [3.05, 3.63) is 35.5 Å². The molecule has 1 aromatic carbocycles. The van der Waals surface area contributed by atoms with Crippen LogP contribution in [0.25, 0.3) is 21.3 Å². The first kappa shape index (κ1) is 17.2. The minimum absolute atomic E-state index is 0.675. The van der Waals surface area contributed by atoms with Gasteiger partial charge in [0, 0.05) is 23.8 Å². The summed E-state index contributed by atoms with van der Waals surface area (Å²) in [6, 6.07) is 8.20. The van der Waals surface area contributed by atoms with Crippen LogP contribution in [-0.2, 0) is 4.74 Å². The quantitative estimate of drug-likeness (QED) is 0.344. The molecular weight excluding hydrogens is 340 g/mol. The number of fused-ring (bicyclic) bond motifs is 1. The topological polar surface area (TPSA) is 44.2 Å². The van der Waals surface area contributed by atoms with Crippen molar-refractivity contribution in [2.24, 2.45) is 0 Å². The van der Waals surface area contributed by atoms with E-state index in [2.05, 4.69) is 27.5 Å². The number of methoxy groups -OCH3 is 1. The summed E-state index contributed by atoms with van der Waals surface area (Å²) in [6.45, 7) is 5.31. The van der Waals surface area contributed by atoms with Gasteiger partial charge < -0.3 is 9.47 Å². The van der Waals surface area contributed by atoms with Crippen LogP contribution in [-0.4, -0.2) is 36.0 Å². The van der Waals surface area contributed by atoms with Crippen molar-refractivity contribution < 1.29 is 9.47 Å². The highest BCUT2D eigenvalue weighted by atomic mass is 32.2. The highest BCUT2D eigenvalue weighted by Gasteiger charge is 2.14. The van der Waals surface area contributed by atoms with Crippen molar-refractivity contribution in [3.63, 3.8) is 0 Å². The molecule has 6 heteroatoms. The predicted molar refractivity (Wildman–Crippen MR) is 101 cm³/mol. The lowest BCUT2D eigenvalue weighted by Gasteiger charge is -2.07. The average Bonchev–Trinajstić information content (AvgIpc) is 3.00. The molecule has 0 bridgehead atoms. The standard InChI is InChI=1S/C18H20N2O2S2/c1-4-22-14-7-5-13(6-8-14)15-11-24-18-16(15)17(19-12(2)20-18)23-10-9-21-3/h5-8,11H,4,9-10H2,1-3H3. The van der Waals surface area contributed by atoms with Gasteiger partial charge in [0.1, 0.15) is 21.4 Å². The Labute approximate surface area is 150 Å². The number of rotatable bonds is 7. The van der Waals surface area contributed by atoms with E-state index in [1.54, 1.807) is 30.2 Å². The number of hydrogen-bond donors (Lipinski definition) is 0. The summed E-state index contributed by atoms with van der Waals surface area (Å²) in [5, 5.41) is 4.32. The summed E-state index contributed by atoms with van der Waals surface area (Å²) in [5.74, 6) is 2.57. The number of ether oxygens (including phenoxy) is 2. The van der Waals surface area contributed by atoms with Crippen molar-refractivity contribution in [2.45, 2.75) is 18.9 Å². The number of thiophene rings is 1. The number of benzene rings is 1. The second-order valence-electron chi connectivity index (χ2n) is 5.20. The van der Waals surface area contributed by atoms with Crippen molar-refractivity contribution in [2.75, 3.05) is 26.1 Å². The number of nitrogens with zero attached hydrogens (tertiary/aromatic N) is 2. The van der Waals surface area contributed by atoms with E-state index in [9.17, 15) is 0 Å². The van der Waals surface area contributed by atoms with Gasteiger partial charge >= 0.3 is 0 Å². The molecule has 0 atom stereocenters. The molecule has 3 rings (SSSR count). The minimum Gasteiger partial charge on any atom is -0.494 e. The lowest BCUT2D eigenvalue weighted by atomic mass is 10.1. The summed E-state index contributed by atoms with van der Waals surface area (Å²) in [5.41, 5.74) is 2.34. The van der Waals surface area contributed by atoms with Gasteiger partial charge in [-0.3, -0.25) is 0 Å². The molecule has 0 saturated carbocycles. The first-order valence-electron chi connectivity index (χ1n) is 7.83. The van der Waals surface area contributed by atoms with Crippen LogP contribution < -0.4 is 4.74 Å². The Balaban J connectivity index is 2.01. The van der Waals surface area contributed by atoms with Gasteiger partial charge in [-0.05, 0) is 31.5 Å². The van der Waals surface area contributed by atoms with E-state index < -0.39 is 0 Å². The Morgan fingerprint density at radius 3 is 2.67 bits per heavy atom. The number of thioether (sulfide) groups is 1. The zero-order valence-corrected chi connectivity index (χ0v) is 15.7. The normalized spacial score (nSPS) is 11.1. The molecule has 0 aliphatic rings. The molecule has 0 saturated heterocycles. The van der Waals surface area contributed by atoms with Crippen molar-refractivity contribution in [3.8, 4) is 16.9 Å². The van der Waals surface area contributed by atoms with E-state index in [0.717, 1.165) is 38.1 Å². The van der Waals surface area contributed by atoms with E-state index in [1.165, 1.54) is 5.56 Å². The highest BCUT2D eigenvalue weighted by Crippen LogP contribution is 2.38. The summed E-state index contributed by atoms with van der Waals surface area (Å²) in [6.07, 6.45) is 0. The Morgan fingerprint density at radius 1 is 1.17 bits per heavy atom. The monoisotopic (exact) mass is 360 g/mol. The Bertz CT molecular complexity index is 816. The SMILES string of the molecule is CCOc1ccc(-c2csc3nc(C)nc(SCCOC)c23)cc1. The van der Waals surface area contributed by atoms with Gasteiger partial charge in [-0.15, -0.1) is 23.1 Å². The van der Waals surface area contributed by atoms with Gasteiger partial charge in [0.25, 0.3) is 0 Å². The van der Waals surface area contributed by atoms with Crippen LogP contribution in [0, 0.1) is 6.92 Å². The molecule has 126 valence electrons. The van der Waals surface area contributed by atoms with Crippen molar-refractivity contribution >= 4 is 33.3 Å². The Kier molecular flexibility index (Phi) is 5.71. The van der Waals surface area contributed by atoms with Crippen LogP contribution in [0.3, 0.4) is 0 Å². The summed E-state index contributed by atoms with van der Waals surface area (Å²) >= 11 is 3.38. The van der Waals surface area contributed by atoms with Gasteiger partial charge in [0.2, 0.25) is 0 Å². The fraction of sp³-hybridized carbons (Fsp3) is 0.333. The molecule has 0 spiro atoms. The smallest absolute Gasteiger partial charge is 0.128 e. The molecule has 0 fully saturated rings. The van der Waals surface area contributed by atoms with E-state index >= 15 is 0 Å². The average molecular weight is 361 g/mol. The zero-order chi connectivity index (χ0) is 16.9. The van der Waals surface area contributed by atoms with E-state index in [0.29, 0.717) is 13.2 Å². The molecule has 24 heavy (non-hydrogen) atoms. The Hall–Kier alpha value is -1.63. The fourth-order valence-electron chi connectivity index (χ4n) is 2.45. The molecule has 4 nitrogen and oxygen atoms in total. The molecule has 0 aliphatic carbocycles. The van der Waals surface area contributed by atoms with E-state index in [4.69, 9.17) is 9.47 Å². The van der Waals surface area contributed by atoms with Gasteiger partial charge in [-0.2, -0.15) is 0 Å². The lowest BCUT2D eigenvalue weighted by Crippen LogP contribution is -1.96. The maximum Gasteiger partial charge on any atom is 0.128 e. The maximum atomic E-state index is 5.53. The number of aryl methyl sites for hydroxylation is 1. The van der Waals surface area contributed by atoms with Crippen LogP contribution in [0.15, 0.2) is 34.7 Å². The van der Waals surface area contributed by atoms with Crippen LogP contribution in [0.2, 0.25) is 0 Å². The Morgan fingerprint density at radius 2 is 1.96 bits per heavy atom. The van der Waals surface area contributed by atoms with Crippen LogP contribution in [0.4, 0.5) is 0 Å². The molecule has 0 unspecified atom stereocenters. The molecule has 0 radical (unpaired) electrons. The van der Waals surface area contributed by atoms with Crippen LogP contribution >= 0.6 is 23.1 Å². The summed E-state index contributed by atoms with van der Waals surface area (Å²) in [4.78, 5) is 10.3. The van der Waals surface area contributed by atoms with E-state index in [-0.39, 0.29) is 0 Å². The third kappa shape index (κ3) is 3.71. The fourth-order valence-corrected chi connectivity index (χ4v) is 4.50. The zero-order valence-electron chi connectivity index (χ0n) is 14.0. The van der Waals surface area contributed by atoms with Crippen molar-refractivity contribution in [1.29, 1.82) is 0 Å². The molecule has 0 aliphatic heterocycles. The van der Waals surface area contributed by atoms with Gasteiger partial charge in [0.15, 0.2) is 0 Å². The highest BCUT2D eigenvalue weighted by molar-refractivity contribution is 7.99. The molecular formula is C18H20N2O2S2. The summed E-state index contributed by atoms with van der Waals surface area (Å²) < 4.78 is 10.7. The van der Waals surface area contributed by atoms with Crippen molar-refractivity contribution in [1.82, 2.24) is 9.97 Å². The molecule has 0 amide bonds. The largest absolute Gasteiger partial charge is 0.494 e. The van der Waals surface area contributed by atoms with E-state index in [1.807, 2.05) is 26.0 Å². The molecule has 0 N–H and O–H groups in total. The van der Waals surface area contributed by atoms with Gasteiger partial charge in [0.05, 0.1) is 18.6 Å². The third-order valence-corrected chi connectivity index (χ3v) is 5.33. The molecule has 2 heterocycles. The first-order chi connectivity index (χ1) is 11.7. The third-order valence-electron chi connectivity index (χ3n) is 3.51. The second kappa shape index (κ2) is 7.96. The molecule has 3 aromatic rings. The molecule has 2 aromatic heterocycles. The van der Waals surface area contributed by atoms with Gasteiger partial charge in [-0.1, -0.05) is 12.1 Å². The maximum absolute atomic E-state index is 5.53. The first-order valence-corrected chi connectivity index (χ1v) is 9.70. The number of aromatic nitrogens is 2. The van der Waals surface area contributed by atoms with Gasteiger partial charge in [-0.25, -0.2) is 9.97 Å². The summed E-state index contributed by atoms with van der Waals surface area (Å²) in [7, 11) is 1.72. The lowest BCUT2D eigenvalue weighted by molar-refractivity contribution is 0.218. The van der Waals surface area contributed by atoms with Crippen LogP contribution in [0.1, 0.15) is 12.7 Å². The minimum atomic E-state index is 0.675.